The molecule has 0 saturated carbocycles. The lowest BCUT2D eigenvalue weighted by Crippen LogP contribution is -2.49. The van der Waals surface area contributed by atoms with Gasteiger partial charge in [-0.1, -0.05) is 18.6 Å². The summed E-state index contributed by atoms with van der Waals surface area (Å²) in [6.07, 6.45) is 3.23. The van der Waals surface area contributed by atoms with Crippen LogP contribution in [0.4, 0.5) is 8.78 Å². The van der Waals surface area contributed by atoms with Gasteiger partial charge in [-0.2, -0.15) is 0 Å². The molecule has 30 heavy (non-hydrogen) atoms. The van der Waals surface area contributed by atoms with Crippen molar-refractivity contribution in [2.24, 2.45) is 0 Å². The molecule has 1 N–H and O–H groups in total. The number of halogens is 2. The van der Waals surface area contributed by atoms with Gasteiger partial charge in [0.05, 0.1) is 6.10 Å². The van der Waals surface area contributed by atoms with Gasteiger partial charge in [-0.05, 0) is 43.6 Å². The van der Waals surface area contributed by atoms with Gasteiger partial charge in [-0.25, -0.2) is 8.78 Å². The minimum absolute atomic E-state index is 0.0509. The number of rotatable bonds is 7. The molecule has 0 bridgehead atoms. The van der Waals surface area contributed by atoms with Crippen molar-refractivity contribution in [3.63, 3.8) is 0 Å². The maximum absolute atomic E-state index is 13.4. The van der Waals surface area contributed by atoms with Crippen molar-refractivity contribution in [2.45, 2.75) is 56.7 Å². The Labute approximate surface area is 178 Å². The quantitative estimate of drug-likeness (QED) is 0.730. The molecule has 5 nitrogen and oxygen atoms in total. The first kappa shape index (κ1) is 21.9. The van der Waals surface area contributed by atoms with Crippen LogP contribution in [0.5, 0.6) is 5.75 Å². The first-order chi connectivity index (χ1) is 14.5. The molecule has 1 aromatic carbocycles. The first-order valence-corrected chi connectivity index (χ1v) is 11.4. The lowest BCUT2D eigenvalue weighted by molar-refractivity contribution is -0.0698. The summed E-state index contributed by atoms with van der Waals surface area (Å²) in [6, 6.07) is 8.12. The second-order valence-corrected chi connectivity index (χ2v) is 9.12. The smallest absolute Gasteiger partial charge is 0.250 e. The highest BCUT2D eigenvalue weighted by molar-refractivity contribution is 5.28. The summed E-state index contributed by atoms with van der Waals surface area (Å²) >= 11 is 0. The SMILES string of the molecule is O[C@H]1CN(Cc2cccc(OCCN3CCCCC3)c2)C[C@@H]1N1CCC(F)(F)CC1. The van der Waals surface area contributed by atoms with Crippen molar-refractivity contribution in [3.05, 3.63) is 29.8 Å². The van der Waals surface area contributed by atoms with Crippen molar-refractivity contribution in [1.82, 2.24) is 14.7 Å². The molecule has 3 aliphatic rings. The van der Waals surface area contributed by atoms with E-state index in [2.05, 4.69) is 21.9 Å². The normalized spacial score (nSPS) is 28.6. The van der Waals surface area contributed by atoms with Crippen molar-refractivity contribution < 1.29 is 18.6 Å². The zero-order valence-corrected chi connectivity index (χ0v) is 17.8. The summed E-state index contributed by atoms with van der Waals surface area (Å²) in [7, 11) is 0. The summed E-state index contributed by atoms with van der Waals surface area (Å²) in [4.78, 5) is 6.73. The van der Waals surface area contributed by atoms with Crippen LogP contribution in [0.15, 0.2) is 24.3 Å². The molecule has 168 valence electrons. The molecule has 4 rings (SSSR count). The largest absolute Gasteiger partial charge is 0.492 e. The Morgan fingerprint density at radius 2 is 1.77 bits per heavy atom. The van der Waals surface area contributed by atoms with Gasteiger partial charge < -0.3 is 9.84 Å². The van der Waals surface area contributed by atoms with Gasteiger partial charge in [0.2, 0.25) is 0 Å². The fourth-order valence-corrected chi connectivity index (χ4v) is 4.99. The molecule has 0 radical (unpaired) electrons. The van der Waals surface area contributed by atoms with Gasteiger partial charge in [0.25, 0.3) is 5.92 Å². The maximum Gasteiger partial charge on any atom is 0.250 e. The average Bonchev–Trinajstić information content (AvgIpc) is 3.09. The minimum atomic E-state index is -2.55. The van der Waals surface area contributed by atoms with E-state index in [1.807, 2.05) is 17.0 Å². The Morgan fingerprint density at radius 1 is 1.00 bits per heavy atom. The second-order valence-electron chi connectivity index (χ2n) is 9.12. The average molecular weight is 424 g/mol. The zero-order valence-electron chi connectivity index (χ0n) is 17.8. The third-order valence-corrected chi connectivity index (χ3v) is 6.76. The van der Waals surface area contributed by atoms with E-state index in [0.717, 1.165) is 24.4 Å². The van der Waals surface area contributed by atoms with Crippen LogP contribution < -0.4 is 4.74 Å². The molecule has 0 spiro atoms. The second kappa shape index (κ2) is 9.90. The number of β-amino-alcohol motifs (C(OH)–C–C–N with tert-alkyl or cyclic N) is 1. The molecule has 7 heteroatoms. The van der Waals surface area contributed by atoms with E-state index in [1.54, 1.807) is 0 Å². The van der Waals surface area contributed by atoms with Crippen LogP contribution in [0.25, 0.3) is 0 Å². The summed E-state index contributed by atoms with van der Waals surface area (Å²) in [5, 5.41) is 10.5. The third-order valence-electron chi connectivity index (χ3n) is 6.76. The molecule has 3 aliphatic heterocycles. The van der Waals surface area contributed by atoms with Gasteiger partial charge >= 0.3 is 0 Å². The number of aliphatic hydroxyl groups excluding tert-OH is 1. The van der Waals surface area contributed by atoms with Crippen LogP contribution in [0, 0.1) is 0 Å². The molecule has 1 aromatic rings. The summed E-state index contributed by atoms with van der Waals surface area (Å²) < 4.78 is 32.9. The lowest BCUT2D eigenvalue weighted by atomic mass is 10.0. The van der Waals surface area contributed by atoms with Gasteiger partial charge in [-0.15, -0.1) is 0 Å². The fraction of sp³-hybridized carbons (Fsp3) is 0.739. The van der Waals surface area contributed by atoms with Crippen LogP contribution in [-0.4, -0.2) is 90.3 Å². The molecule has 0 aliphatic carbocycles. The monoisotopic (exact) mass is 423 g/mol. The topological polar surface area (TPSA) is 39.2 Å². The van der Waals surface area contributed by atoms with Crippen molar-refractivity contribution in [1.29, 1.82) is 0 Å². The van der Waals surface area contributed by atoms with Crippen molar-refractivity contribution in [3.8, 4) is 5.75 Å². The molecule has 3 heterocycles. The van der Waals surface area contributed by atoms with Crippen molar-refractivity contribution >= 4 is 0 Å². The fourth-order valence-electron chi connectivity index (χ4n) is 4.99. The number of benzene rings is 1. The standard InChI is InChI=1S/C23H35F2N3O2/c24-23(25)7-11-28(12-8-23)21-17-27(18-22(21)29)16-19-5-4-6-20(15-19)30-14-13-26-9-2-1-3-10-26/h4-6,15,21-22,29H,1-3,7-14,16-18H2/t21-,22-/m0/s1. The van der Waals surface area contributed by atoms with E-state index in [0.29, 0.717) is 32.8 Å². The minimum Gasteiger partial charge on any atom is -0.492 e. The van der Waals surface area contributed by atoms with E-state index >= 15 is 0 Å². The molecule has 0 aromatic heterocycles. The highest BCUT2D eigenvalue weighted by Gasteiger charge is 2.41. The Kier molecular flexibility index (Phi) is 7.24. The molecule has 3 saturated heterocycles. The van der Waals surface area contributed by atoms with Gasteiger partial charge in [0.1, 0.15) is 12.4 Å². The van der Waals surface area contributed by atoms with E-state index in [-0.39, 0.29) is 18.9 Å². The Balaban J connectivity index is 1.24. The molecular weight excluding hydrogens is 388 g/mol. The van der Waals surface area contributed by atoms with Crippen LogP contribution >= 0.6 is 0 Å². The molecule has 0 unspecified atom stereocenters. The highest BCUT2D eigenvalue weighted by atomic mass is 19.3. The van der Waals surface area contributed by atoms with E-state index in [4.69, 9.17) is 4.74 Å². The molecular formula is C23H35F2N3O2. The van der Waals surface area contributed by atoms with Crippen LogP contribution in [-0.2, 0) is 6.54 Å². The number of nitrogens with zero attached hydrogens (tertiary/aromatic N) is 3. The Morgan fingerprint density at radius 3 is 2.53 bits per heavy atom. The summed E-state index contributed by atoms with van der Waals surface area (Å²) in [6.45, 7) is 6.79. The van der Waals surface area contributed by atoms with Crippen LogP contribution in [0.2, 0.25) is 0 Å². The number of piperidine rings is 2. The summed E-state index contributed by atoms with van der Waals surface area (Å²) in [5.41, 5.74) is 1.16. The number of hydrogen-bond acceptors (Lipinski definition) is 5. The predicted octanol–water partition coefficient (Wildman–Crippen LogP) is 2.83. The number of hydrogen-bond donors (Lipinski definition) is 1. The van der Waals surface area contributed by atoms with E-state index in [1.165, 1.54) is 32.4 Å². The molecule has 0 amide bonds. The number of likely N-dealkylation sites (tertiary alicyclic amines) is 3. The first-order valence-electron chi connectivity index (χ1n) is 11.4. The number of ether oxygens (including phenoxy) is 1. The van der Waals surface area contributed by atoms with Gasteiger partial charge in [0, 0.05) is 58.2 Å². The van der Waals surface area contributed by atoms with Gasteiger partial charge in [-0.3, -0.25) is 14.7 Å². The Hall–Kier alpha value is -1.28. The van der Waals surface area contributed by atoms with Crippen LogP contribution in [0.1, 0.15) is 37.7 Å². The number of alkyl halides is 2. The highest BCUT2D eigenvalue weighted by Crippen LogP contribution is 2.30. The van der Waals surface area contributed by atoms with Crippen molar-refractivity contribution in [2.75, 3.05) is 52.4 Å². The Bertz CT molecular complexity index is 674. The molecule has 3 fully saturated rings. The number of aliphatic hydroxyl groups is 1. The van der Waals surface area contributed by atoms with E-state index in [9.17, 15) is 13.9 Å². The van der Waals surface area contributed by atoms with Crippen LogP contribution in [0.3, 0.4) is 0 Å². The van der Waals surface area contributed by atoms with E-state index < -0.39 is 12.0 Å². The molecule has 2 atom stereocenters. The summed E-state index contributed by atoms with van der Waals surface area (Å²) in [5.74, 6) is -1.66. The maximum atomic E-state index is 13.4. The van der Waals surface area contributed by atoms with Gasteiger partial charge in [0.15, 0.2) is 0 Å². The third kappa shape index (κ3) is 5.90. The predicted molar refractivity (Wildman–Crippen MR) is 113 cm³/mol. The zero-order chi connectivity index (χ0) is 21.0. The lowest BCUT2D eigenvalue weighted by Gasteiger charge is -2.36.